The molecule has 0 aromatic heterocycles. The van der Waals surface area contributed by atoms with E-state index in [-0.39, 0.29) is 0 Å². The van der Waals surface area contributed by atoms with Crippen LogP contribution in [0.5, 0.6) is 0 Å². The van der Waals surface area contributed by atoms with E-state index in [9.17, 15) is 4.79 Å². The number of hydrogen-bond donors (Lipinski definition) is 4. The number of carbonyl (C=O) groups is 1. The largest absolute Gasteiger partial charge is 0.394 e. The lowest BCUT2D eigenvalue weighted by Crippen LogP contribution is -2.39. The monoisotopic (exact) mass is 180 g/mol. The van der Waals surface area contributed by atoms with Gasteiger partial charge in [0.25, 0.3) is 0 Å². The highest BCUT2D eigenvalue weighted by Gasteiger charge is 2.25. The molecule has 5 heteroatoms. The Balaban J connectivity index is 4.02. The number of Topliss-reactive ketones (excluding diaryl/α,β-unsaturated/α-hetero) is 1. The first-order chi connectivity index (χ1) is 5.00. The summed E-state index contributed by atoms with van der Waals surface area (Å²) in [5, 5.41) is 25.5. The summed E-state index contributed by atoms with van der Waals surface area (Å²) >= 11 is 3.76. The van der Waals surface area contributed by atoms with E-state index in [1.165, 1.54) is 6.92 Å². The van der Waals surface area contributed by atoms with Crippen LogP contribution in [0.1, 0.15) is 6.92 Å². The van der Waals surface area contributed by atoms with Crippen molar-refractivity contribution in [3.05, 3.63) is 0 Å². The van der Waals surface area contributed by atoms with Gasteiger partial charge >= 0.3 is 0 Å². The molecule has 3 N–H and O–H groups in total. The smallest absolute Gasteiger partial charge is 0.176 e. The average Bonchev–Trinajstić information content (AvgIpc) is 2.00. The van der Waals surface area contributed by atoms with E-state index in [0.717, 1.165) is 0 Å². The van der Waals surface area contributed by atoms with Crippen molar-refractivity contribution in [2.75, 3.05) is 6.61 Å². The zero-order valence-corrected chi connectivity index (χ0v) is 7.03. The molecule has 0 aliphatic rings. The second-order valence-corrected chi connectivity index (χ2v) is 3.05. The molecule has 0 aliphatic carbocycles. The topological polar surface area (TPSA) is 77.8 Å². The Hall–Kier alpha value is -0.100. The number of aliphatic hydroxyl groups excluding tert-OH is 3. The highest BCUT2D eigenvalue weighted by molar-refractivity contribution is 7.81. The normalized spacial score (nSPS) is 19.0. The summed E-state index contributed by atoms with van der Waals surface area (Å²) in [5.74, 6) is -0.588. The van der Waals surface area contributed by atoms with Crippen molar-refractivity contribution in [1.82, 2.24) is 0 Å². The summed E-state index contributed by atoms with van der Waals surface area (Å²) in [7, 11) is 0. The fraction of sp³-hybridized carbons (Fsp3) is 0.833. The van der Waals surface area contributed by atoms with Gasteiger partial charge in [0.2, 0.25) is 0 Å². The van der Waals surface area contributed by atoms with E-state index in [1.54, 1.807) is 0 Å². The van der Waals surface area contributed by atoms with E-state index in [0.29, 0.717) is 0 Å². The molecule has 1 unspecified atom stereocenters. The minimum Gasteiger partial charge on any atom is -0.394 e. The van der Waals surface area contributed by atoms with Crippen LogP contribution in [-0.2, 0) is 4.79 Å². The molecule has 0 spiro atoms. The van der Waals surface area contributed by atoms with Crippen molar-refractivity contribution in [3.63, 3.8) is 0 Å². The Morgan fingerprint density at radius 1 is 1.55 bits per heavy atom. The maximum atomic E-state index is 10.8. The van der Waals surface area contributed by atoms with Gasteiger partial charge in [-0.3, -0.25) is 4.79 Å². The van der Waals surface area contributed by atoms with Crippen LogP contribution >= 0.6 is 12.6 Å². The molecule has 0 fully saturated rings. The minimum absolute atomic E-state index is 0.588. The molecule has 0 bridgehead atoms. The maximum Gasteiger partial charge on any atom is 0.176 e. The molecule has 3 atom stereocenters. The number of carbonyl (C=O) groups excluding carboxylic acids is 1. The standard InChI is InChI=1S/C6H12O4S/c1-3(11)5(9)6(10)4(8)2-7/h3-4,6-8,10-11H,2H2,1H3/t3?,4-,6-/m1/s1. The highest BCUT2D eigenvalue weighted by Crippen LogP contribution is 2.02. The SMILES string of the molecule is CC(S)C(=O)[C@H](O)[C@H](O)CO. The number of thiol groups is 1. The second kappa shape index (κ2) is 4.71. The Labute approximate surface area is 70.3 Å². The number of ketones is 1. The molecular weight excluding hydrogens is 168 g/mol. The molecule has 4 nitrogen and oxygen atoms in total. The van der Waals surface area contributed by atoms with Gasteiger partial charge in [-0.2, -0.15) is 12.6 Å². The minimum atomic E-state index is -1.53. The highest BCUT2D eigenvalue weighted by atomic mass is 32.1. The van der Waals surface area contributed by atoms with Crippen LogP contribution < -0.4 is 0 Å². The summed E-state index contributed by atoms with van der Waals surface area (Å²) in [6, 6.07) is 0. The summed E-state index contributed by atoms with van der Waals surface area (Å²) in [6.07, 6.45) is -2.94. The van der Waals surface area contributed by atoms with Crippen molar-refractivity contribution in [2.24, 2.45) is 0 Å². The summed E-state index contributed by atoms with van der Waals surface area (Å²) in [5.41, 5.74) is 0. The molecule has 0 radical (unpaired) electrons. The third-order valence-corrected chi connectivity index (χ3v) is 1.51. The van der Waals surface area contributed by atoms with Crippen molar-refractivity contribution in [3.8, 4) is 0 Å². The molecule has 0 saturated heterocycles. The van der Waals surface area contributed by atoms with Gasteiger partial charge in [-0.05, 0) is 6.92 Å². The van der Waals surface area contributed by atoms with Crippen molar-refractivity contribution in [1.29, 1.82) is 0 Å². The number of aliphatic hydroxyl groups is 3. The predicted molar refractivity (Wildman–Crippen MR) is 42.6 cm³/mol. The lowest BCUT2D eigenvalue weighted by Gasteiger charge is -2.15. The molecule has 0 aromatic rings. The van der Waals surface area contributed by atoms with E-state index < -0.39 is 29.8 Å². The zero-order valence-electron chi connectivity index (χ0n) is 6.14. The quantitative estimate of drug-likeness (QED) is 0.401. The fourth-order valence-electron chi connectivity index (χ4n) is 0.537. The first-order valence-corrected chi connectivity index (χ1v) is 3.71. The number of rotatable bonds is 4. The molecule has 0 rings (SSSR count). The molecule has 66 valence electrons. The van der Waals surface area contributed by atoms with Crippen molar-refractivity contribution < 1.29 is 20.1 Å². The molecule has 0 amide bonds. The predicted octanol–water partition coefficient (Wildman–Crippen LogP) is -1.41. The van der Waals surface area contributed by atoms with E-state index in [4.69, 9.17) is 15.3 Å². The fourth-order valence-corrected chi connectivity index (χ4v) is 0.689. The molecule has 11 heavy (non-hydrogen) atoms. The lowest BCUT2D eigenvalue weighted by atomic mass is 10.1. The Bertz CT molecular complexity index is 137. The van der Waals surface area contributed by atoms with E-state index in [2.05, 4.69) is 12.6 Å². The van der Waals surface area contributed by atoms with Crippen molar-refractivity contribution >= 4 is 18.4 Å². The van der Waals surface area contributed by atoms with Crippen LogP contribution in [0.25, 0.3) is 0 Å². The summed E-state index contributed by atoms with van der Waals surface area (Å²) in [4.78, 5) is 10.8. The van der Waals surface area contributed by atoms with Crippen molar-refractivity contribution in [2.45, 2.75) is 24.4 Å². The molecule has 0 aromatic carbocycles. The summed E-state index contributed by atoms with van der Waals surface area (Å²) in [6.45, 7) is 0.853. The van der Waals surface area contributed by atoms with Crippen LogP contribution in [0.4, 0.5) is 0 Å². The van der Waals surface area contributed by atoms with Crippen LogP contribution in [0.3, 0.4) is 0 Å². The van der Waals surface area contributed by atoms with Crippen LogP contribution in [0.2, 0.25) is 0 Å². The second-order valence-electron chi connectivity index (χ2n) is 2.27. The van der Waals surface area contributed by atoms with Gasteiger partial charge in [-0.15, -0.1) is 0 Å². The first-order valence-electron chi connectivity index (χ1n) is 3.19. The van der Waals surface area contributed by atoms with E-state index >= 15 is 0 Å². The third kappa shape index (κ3) is 3.20. The molecule has 0 aliphatic heterocycles. The van der Waals surface area contributed by atoms with Gasteiger partial charge in [-0.25, -0.2) is 0 Å². The molecule has 0 saturated carbocycles. The Kier molecular flexibility index (Phi) is 4.67. The third-order valence-electron chi connectivity index (χ3n) is 1.25. The summed E-state index contributed by atoms with van der Waals surface area (Å²) < 4.78 is 0. The van der Waals surface area contributed by atoms with Gasteiger partial charge in [0.05, 0.1) is 11.9 Å². The van der Waals surface area contributed by atoms with Gasteiger partial charge in [0, 0.05) is 0 Å². The van der Waals surface area contributed by atoms with Gasteiger partial charge < -0.3 is 15.3 Å². The molecule has 0 heterocycles. The average molecular weight is 180 g/mol. The molecular formula is C6H12O4S. The Morgan fingerprint density at radius 2 is 2.00 bits per heavy atom. The van der Waals surface area contributed by atoms with Crippen LogP contribution in [-0.4, -0.2) is 45.2 Å². The van der Waals surface area contributed by atoms with Gasteiger partial charge in [-0.1, -0.05) is 0 Å². The van der Waals surface area contributed by atoms with Crippen LogP contribution in [0.15, 0.2) is 0 Å². The first kappa shape index (κ1) is 10.9. The Morgan fingerprint density at radius 3 is 2.27 bits per heavy atom. The van der Waals surface area contributed by atoms with Gasteiger partial charge in [0.15, 0.2) is 5.78 Å². The van der Waals surface area contributed by atoms with Gasteiger partial charge in [0.1, 0.15) is 12.2 Å². The lowest BCUT2D eigenvalue weighted by molar-refractivity contribution is -0.133. The zero-order chi connectivity index (χ0) is 9.02. The maximum absolute atomic E-state index is 10.8. The van der Waals surface area contributed by atoms with E-state index in [1.807, 2.05) is 0 Å². The van der Waals surface area contributed by atoms with Crippen LogP contribution in [0, 0.1) is 0 Å². The number of hydrogen-bond acceptors (Lipinski definition) is 5.